The lowest BCUT2D eigenvalue weighted by Gasteiger charge is -2.35. The standard InChI is InChI=1S/C12H23NO/c1-10-3-2-5-12(14,6-4-10)11(9-13)7-8-11/h10,14H,2-9,13H2,1H3. The van der Waals surface area contributed by atoms with E-state index in [1.165, 1.54) is 19.3 Å². The molecule has 0 spiro atoms. The third-order valence-corrected chi connectivity index (χ3v) is 4.57. The van der Waals surface area contributed by atoms with Gasteiger partial charge in [0.2, 0.25) is 0 Å². The molecule has 2 saturated carbocycles. The van der Waals surface area contributed by atoms with Gasteiger partial charge >= 0.3 is 0 Å². The van der Waals surface area contributed by atoms with E-state index < -0.39 is 5.60 Å². The Labute approximate surface area is 86.9 Å². The van der Waals surface area contributed by atoms with Crippen molar-refractivity contribution in [2.75, 3.05) is 6.54 Å². The first-order valence-electron chi connectivity index (χ1n) is 6.04. The molecule has 2 heteroatoms. The van der Waals surface area contributed by atoms with E-state index in [0.29, 0.717) is 6.54 Å². The van der Waals surface area contributed by atoms with Crippen LogP contribution in [0.2, 0.25) is 0 Å². The summed E-state index contributed by atoms with van der Waals surface area (Å²) in [6, 6.07) is 0. The summed E-state index contributed by atoms with van der Waals surface area (Å²) in [7, 11) is 0. The molecule has 2 aliphatic carbocycles. The highest BCUT2D eigenvalue weighted by atomic mass is 16.3. The maximum atomic E-state index is 10.7. The van der Waals surface area contributed by atoms with Crippen LogP contribution in [0.4, 0.5) is 0 Å². The molecule has 82 valence electrons. The second-order valence-electron chi connectivity index (χ2n) is 5.55. The molecule has 2 aliphatic rings. The highest BCUT2D eigenvalue weighted by molar-refractivity contribution is 5.09. The van der Waals surface area contributed by atoms with Crippen molar-refractivity contribution in [2.24, 2.45) is 17.1 Å². The quantitative estimate of drug-likeness (QED) is 0.666. The summed E-state index contributed by atoms with van der Waals surface area (Å²) in [4.78, 5) is 0. The van der Waals surface area contributed by atoms with E-state index in [1.54, 1.807) is 0 Å². The number of nitrogens with two attached hydrogens (primary N) is 1. The smallest absolute Gasteiger partial charge is 0.0715 e. The minimum Gasteiger partial charge on any atom is -0.389 e. The predicted molar refractivity (Wildman–Crippen MR) is 57.9 cm³/mol. The molecule has 14 heavy (non-hydrogen) atoms. The van der Waals surface area contributed by atoms with Gasteiger partial charge in [0.15, 0.2) is 0 Å². The third-order valence-electron chi connectivity index (χ3n) is 4.57. The lowest BCUT2D eigenvalue weighted by Crippen LogP contribution is -2.43. The van der Waals surface area contributed by atoms with Gasteiger partial charge in [0, 0.05) is 12.0 Å². The molecular formula is C12H23NO. The zero-order chi connectivity index (χ0) is 10.2. The average molecular weight is 197 g/mol. The molecule has 2 rings (SSSR count). The van der Waals surface area contributed by atoms with Crippen molar-refractivity contribution in [3.05, 3.63) is 0 Å². The minimum atomic E-state index is -0.424. The van der Waals surface area contributed by atoms with Crippen molar-refractivity contribution >= 4 is 0 Å². The van der Waals surface area contributed by atoms with Gasteiger partial charge in [0.1, 0.15) is 0 Å². The first-order valence-corrected chi connectivity index (χ1v) is 6.04. The molecule has 2 nitrogen and oxygen atoms in total. The molecule has 0 amide bonds. The van der Waals surface area contributed by atoms with E-state index in [0.717, 1.165) is 31.6 Å². The minimum absolute atomic E-state index is 0.108. The zero-order valence-corrected chi connectivity index (χ0v) is 9.26. The fourth-order valence-corrected chi connectivity index (χ4v) is 3.04. The van der Waals surface area contributed by atoms with Crippen molar-refractivity contribution in [1.29, 1.82) is 0 Å². The summed E-state index contributed by atoms with van der Waals surface area (Å²) < 4.78 is 0. The van der Waals surface area contributed by atoms with Crippen molar-refractivity contribution in [3.63, 3.8) is 0 Å². The SMILES string of the molecule is CC1CCCC(O)(C2(CN)CC2)CC1. The van der Waals surface area contributed by atoms with Crippen LogP contribution in [0.25, 0.3) is 0 Å². The van der Waals surface area contributed by atoms with E-state index in [1.807, 2.05) is 0 Å². The van der Waals surface area contributed by atoms with Crippen molar-refractivity contribution in [3.8, 4) is 0 Å². The van der Waals surface area contributed by atoms with E-state index in [-0.39, 0.29) is 5.41 Å². The largest absolute Gasteiger partial charge is 0.389 e. The Morgan fingerprint density at radius 1 is 1.21 bits per heavy atom. The van der Waals surface area contributed by atoms with Gasteiger partial charge in [-0.1, -0.05) is 19.8 Å². The third kappa shape index (κ3) is 1.59. The van der Waals surface area contributed by atoms with Crippen LogP contribution >= 0.6 is 0 Å². The van der Waals surface area contributed by atoms with Crippen molar-refractivity contribution in [2.45, 2.75) is 57.5 Å². The van der Waals surface area contributed by atoms with E-state index in [9.17, 15) is 5.11 Å². The van der Waals surface area contributed by atoms with Crippen LogP contribution in [0.15, 0.2) is 0 Å². The molecule has 0 heterocycles. The fraction of sp³-hybridized carbons (Fsp3) is 1.00. The number of rotatable bonds is 2. The molecule has 0 aromatic carbocycles. The van der Waals surface area contributed by atoms with Crippen LogP contribution < -0.4 is 5.73 Å². The molecule has 0 aliphatic heterocycles. The monoisotopic (exact) mass is 197 g/mol. The Balaban J connectivity index is 2.07. The molecular weight excluding hydrogens is 174 g/mol. The maximum absolute atomic E-state index is 10.7. The number of aliphatic hydroxyl groups is 1. The molecule has 0 aromatic heterocycles. The van der Waals surface area contributed by atoms with Gasteiger partial charge in [0.25, 0.3) is 0 Å². The van der Waals surface area contributed by atoms with E-state index in [4.69, 9.17) is 5.73 Å². The molecule has 2 unspecified atom stereocenters. The zero-order valence-electron chi connectivity index (χ0n) is 9.26. The first kappa shape index (κ1) is 10.4. The Morgan fingerprint density at radius 2 is 1.93 bits per heavy atom. The molecule has 3 N–H and O–H groups in total. The molecule has 2 fully saturated rings. The Kier molecular flexibility index (Phi) is 2.61. The lowest BCUT2D eigenvalue weighted by atomic mass is 9.78. The summed E-state index contributed by atoms with van der Waals surface area (Å²) in [5.74, 6) is 0.789. The highest BCUT2D eigenvalue weighted by Crippen LogP contribution is 2.57. The molecule has 0 bridgehead atoms. The van der Waals surface area contributed by atoms with Gasteiger partial charge in [-0.3, -0.25) is 0 Å². The fourth-order valence-electron chi connectivity index (χ4n) is 3.04. The van der Waals surface area contributed by atoms with Crippen LogP contribution in [0, 0.1) is 11.3 Å². The summed E-state index contributed by atoms with van der Waals surface area (Å²) >= 11 is 0. The van der Waals surface area contributed by atoms with Gasteiger partial charge in [-0.2, -0.15) is 0 Å². The molecule has 0 radical (unpaired) electrons. The van der Waals surface area contributed by atoms with Gasteiger partial charge in [-0.25, -0.2) is 0 Å². The number of hydrogen-bond donors (Lipinski definition) is 2. The van der Waals surface area contributed by atoms with E-state index in [2.05, 4.69) is 6.92 Å². The van der Waals surface area contributed by atoms with Crippen LogP contribution in [0.3, 0.4) is 0 Å². The molecule has 0 saturated heterocycles. The van der Waals surface area contributed by atoms with Crippen LogP contribution in [-0.4, -0.2) is 17.3 Å². The molecule has 2 atom stereocenters. The molecule has 0 aromatic rings. The average Bonchev–Trinajstić information content (AvgIpc) is 2.94. The van der Waals surface area contributed by atoms with Gasteiger partial charge in [0.05, 0.1) is 5.60 Å². The summed E-state index contributed by atoms with van der Waals surface area (Å²) in [6.45, 7) is 2.98. The lowest BCUT2D eigenvalue weighted by molar-refractivity contribution is -0.0430. The topological polar surface area (TPSA) is 46.2 Å². The van der Waals surface area contributed by atoms with Crippen LogP contribution in [-0.2, 0) is 0 Å². The highest BCUT2D eigenvalue weighted by Gasteiger charge is 2.57. The summed E-state index contributed by atoms with van der Waals surface area (Å²) in [6.07, 6.45) is 7.89. The Hall–Kier alpha value is -0.0800. The van der Waals surface area contributed by atoms with Crippen molar-refractivity contribution in [1.82, 2.24) is 0 Å². The second kappa shape index (κ2) is 3.49. The first-order chi connectivity index (χ1) is 6.62. The van der Waals surface area contributed by atoms with E-state index >= 15 is 0 Å². The predicted octanol–water partition coefficient (Wildman–Crippen LogP) is 2.06. The van der Waals surface area contributed by atoms with Crippen LogP contribution in [0.1, 0.15) is 51.9 Å². The van der Waals surface area contributed by atoms with Crippen molar-refractivity contribution < 1.29 is 5.11 Å². The Morgan fingerprint density at radius 3 is 2.50 bits per heavy atom. The van der Waals surface area contributed by atoms with Gasteiger partial charge < -0.3 is 10.8 Å². The second-order valence-corrected chi connectivity index (χ2v) is 5.55. The maximum Gasteiger partial charge on any atom is 0.0715 e. The van der Waals surface area contributed by atoms with Gasteiger partial charge in [-0.15, -0.1) is 0 Å². The summed E-state index contributed by atoms with van der Waals surface area (Å²) in [5, 5.41) is 10.7. The summed E-state index contributed by atoms with van der Waals surface area (Å²) in [5.41, 5.74) is 5.49. The van der Waals surface area contributed by atoms with Gasteiger partial charge in [-0.05, 0) is 38.0 Å². The number of hydrogen-bond acceptors (Lipinski definition) is 2. The van der Waals surface area contributed by atoms with Crippen LogP contribution in [0.5, 0.6) is 0 Å². The Bertz CT molecular complexity index is 212. The normalized spacial score (nSPS) is 41.8.